The monoisotopic (exact) mass is 235 g/mol. The Hall–Kier alpha value is -2.17. The predicted octanol–water partition coefficient (Wildman–Crippen LogP) is 1.32. The molecule has 1 aromatic heterocycles. The molecule has 0 amide bonds. The normalized spacial score (nSPS) is 11.1. The van der Waals surface area contributed by atoms with Gasteiger partial charge in [-0.15, -0.1) is 0 Å². The van der Waals surface area contributed by atoms with Gasteiger partial charge >= 0.3 is 5.97 Å². The fraction of sp³-hybridized carbons (Fsp3) is 0.250. The van der Waals surface area contributed by atoms with Crippen molar-refractivity contribution >= 4 is 17.8 Å². The quantitative estimate of drug-likeness (QED) is 0.368. The van der Waals surface area contributed by atoms with Gasteiger partial charge in [-0.25, -0.2) is 4.79 Å². The lowest BCUT2D eigenvalue weighted by atomic mass is 10.1. The largest absolute Gasteiger partial charge is 0.506 e. The maximum Gasteiger partial charge on any atom is 0.341 e. The highest BCUT2D eigenvalue weighted by atomic mass is 16.5. The molecule has 0 unspecified atom stereocenters. The first-order valence-corrected chi connectivity index (χ1v) is 5.10. The third-order valence-electron chi connectivity index (χ3n) is 1.97. The molecule has 5 nitrogen and oxygen atoms in total. The first-order chi connectivity index (χ1) is 8.06. The van der Waals surface area contributed by atoms with Crippen molar-refractivity contribution in [2.24, 2.45) is 0 Å². The molecule has 1 N–H and O–H groups in total. The molecule has 0 spiro atoms. The summed E-state index contributed by atoms with van der Waals surface area (Å²) in [4.78, 5) is 26.6. The number of hydrogen-bond acceptors (Lipinski definition) is 5. The summed E-state index contributed by atoms with van der Waals surface area (Å²) >= 11 is 0. The van der Waals surface area contributed by atoms with Crippen molar-refractivity contribution in [2.45, 2.75) is 13.8 Å². The number of ether oxygens (including phenoxy) is 1. The summed E-state index contributed by atoms with van der Waals surface area (Å²) in [6.45, 7) is 3.08. The molecule has 0 aliphatic heterocycles. The maximum atomic E-state index is 11.5. The van der Waals surface area contributed by atoms with Crippen LogP contribution < -0.4 is 0 Å². The summed E-state index contributed by atoms with van der Waals surface area (Å²) in [6.07, 6.45) is 2.67. The lowest BCUT2D eigenvalue weighted by Gasteiger charge is -2.04. The number of aromatic nitrogens is 1. The Morgan fingerprint density at radius 3 is 2.76 bits per heavy atom. The molecule has 0 saturated carbocycles. The highest BCUT2D eigenvalue weighted by Gasteiger charge is 2.16. The Balaban J connectivity index is 3.11. The van der Waals surface area contributed by atoms with Crippen LogP contribution in [0.3, 0.4) is 0 Å². The molecule has 1 heterocycles. The zero-order valence-corrected chi connectivity index (χ0v) is 9.64. The summed E-state index contributed by atoms with van der Waals surface area (Å²) in [6, 6.07) is 2.96. The number of Topliss-reactive ketones (excluding diaryl/α,β-unsaturated/α-hetero) is 1. The van der Waals surface area contributed by atoms with Gasteiger partial charge in [-0.3, -0.25) is 9.78 Å². The number of rotatable bonds is 4. The first kappa shape index (κ1) is 12.9. The first-order valence-electron chi connectivity index (χ1n) is 5.10. The molecule has 0 saturated heterocycles. The van der Waals surface area contributed by atoms with Gasteiger partial charge in [-0.2, -0.15) is 0 Å². The van der Waals surface area contributed by atoms with Crippen LogP contribution in [0.15, 0.2) is 23.9 Å². The van der Waals surface area contributed by atoms with Crippen molar-refractivity contribution in [2.75, 3.05) is 6.61 Å². The summed E-state index contributed by atoms with van der Waals surface area (Å²) in [7, 11) is 0. The lowest BCUT2D eigenvalue weighted by molar-refractivity contribution is -0.139. The van der Waals surface area contributed by atoms with Crippen molar-refractivity contribution in [1.82, 2.24) is 4.98 Å². The zero-order chi connectivity index (χ0) is 12.8. The molecule has 5 heteroatoms. The number of carbonyl (C=O) groups excluding carboxylic acids is 2. The molecule has 1 rings (SSSR count). The smallest absolute Gasteiger partial charge is 0.341 e. The number of aromatic hydroxyl groups is 1. The Morgan fingerprint density at radius 2 is 2.24 bits per heavy atom. The fourth-order valence-corrected chi connectivity index (χ4v) is 1.17. The molecule has 0 bridgehead atoms. The van der Waals surface area contributed by atoms with E-state index in [2.05, 4.69) is 4.98 Å². The van der Waals surface area contributed by atoms with Crippen molar-refractivity contribution in [1.29, 1.82) is 0 Å². The molecule has 0 fully saturated rings. The van der Waals surface area contributed by atoms with Crippen LogP contribution in [0.2, 0.25) is 0 Å². The summed E-state index contributed by atoms with van der Waals surface area (Å²) in [5.74, 6) is -1.26. The third-order valence-corrected chi connectivity index (χ3v) is 1.97. The number of carbonyl (C=O) groups is 2. The van der Waals surface area contributed by atoms with Crippen LogP contribution in [0.1, 0.15) is 19.5 Å². The number of ketones is 1. The average Bonchev–Trinajstić information content (AvgIpc) is 2.27. The second-order valence-electron chi connectivity index (χ2n) is 3.24. The van der Waals surface area contributed by atoms with Crippen molar-refractivity contribution in [3.05, 3.63) is 29.6 Å². The van der Waals surface area contributed by atoms with Crippen LogP contribution in [0.25, 0.3) is 6.08 Å². The van der Waals surface area contributed by atoms with Crippen LogP contribution >= 0.6 is 0 Å². The van der Waals surface area contributed by atoms with Crippen LogP contribution in [0.4, 0.5) is 0 Å². The summed E-state index contributed by atoms with van der Waals surface area (Å²) in [5, 5.41) is 9.48. The minimum Gasteiger partial charge on any atom is -0.506 e. The summed E-state index contributed by atoms with van der Waals surface area (Å²) < 4.78 is 4.74. The van der Waals surface area contributed by atoms with Crippen molar-refractivity contribution in [3.8, 4) is 5.75 Å². The SMILES string of the molecule is CCOC(=O)/C(=C/c1ncccc1O)C(C)=O. The molecule has 1 aromatic rings. The van der Waals surface area contributed by atoms with Gasteiger partial charge in [0.2, 0.25) is 0 Å². The Kier molecular flexibility index (Phi) is 4.39. The van der Waals surface area contributed by atoms with Gasteiger partial charge in [-0.05, 0) is 32.1 Å². The number of pyridine rings is 1. The highest BCUT2D eigenvalue weighted by Crippen LogP contribution is 2.17. The van der Waals surface area contributed by atoms with Crippen LogP contribution in [0, 0.1) is 0 Å². The average molecular weight is 235 g/mol. The van der Waals surface area contributed by atoms with Crippen LogP contribution in [-0.4, -0.2) is 28.4 Å². The van der Waals surface area contributed by atoms with E-state index in [0.29, 0.717) is 0 Å². The predicted molar refractivity (Wildman–Crippen MR) is 61.2 cm³/mol. The zero-order valence-electron chi connectivity index (χ0n) is 9.64. The Morgan fingerprint density at radius 1 is 1.53 bits per heavy atom. The van der Waals surface area contributed by atoms with Gasteiger partial charge < -0.3 is 9.84 Å². The topological polar surface area (TPSA) is 76.5 Å². The van der Waals surface area contributed by atoms with Crippen LogP contribution in [-0.2, 0) is 14.3 Å². The molecular weight excluding hydrogens is 222 g/mol. The minimum absolute atomic E-state index is 0.101. The molecule has 0 radical (unpaired) electrons. The number of hydrogen-bond donors (Lipinski definition) is 1. The molecule has 0 aliphatic rings. The number of nitrogens with zero attached hydrogens (tertiary/aromatic N) is 1. The second kappa shape index (κ2) is 5.79. The molecule has 0 aromatic carbocycles. The second-order valence-corrected chi connectivity index (χ2v) is 3.24. The van der Waals surface area contributed by atoms with Gasteiger partial charge in [0.05, 0.1) is 6.61 Å². The van der Waals surface area contributed by atoms with E-state index in [4.69, 9.17) is 4.74 Å². The molecule has 0 aliphatic carbocycles. The van der Waals surface area contributed by atoms with E-state index in [-0.39, 0.29) is 23.6 Å². The summed E-state index contributed by atoms with van der Waals surface area (Å²) in [5.41, 5.74) is 0.0200. The Labute approximate surface area is 98.7 Å². The van der Waals surface area contributed by atoms with Crippen molar-refractivity contribution < 1.29 is 19.4 Å². The maximum absolute atomic E-state index is 11.5. The van der Waals surface area contributed by atoms with Gasteiger partial charge in [0.1, 0.15) is 17.0 Å². The van der Waals surface area contributed by atoms with Gasteiger partial charge in [0.15, 0.2) is 5.78 Å². The van der Waals surface area contributed by atoms with E-state index in [9.17, 15) is 14.7 Å². The van der Waals surface area contributed by atoms with E-state index >= 15 is 0 Å². The van der Waals surface area contributed by atoms with E-state index in [1.807, 2.05) is 0 Å². The van der Waals surface area contributed by atoms with Crippen LogP contribution in [0.5, 0.6) is 5.75 Å². The van der Waals surface area contributed by atoms with E-state index in [0.717, 1.165) is 0 Å². The lowest BCUT2D eigenvalue weighted by Crippen LogP contribution is -2.13. The highest BCUT2D eigenvalue weighted by molar-refractivity contribution is 6.19. The molecule has 90 valence electrons. The minimum atomic E-state index is -0.718. The van der Waals surface area contributed by atoms with Gasteiger partial charge in [0.25, 0.3) is 0 Å². The van der Waals surface area contributed by atoms with Gasteiger partial charge in [0, 0.05) is 6.20 Å². The van der Waals surface area contributed by atoms with E-state index in [1.54, 1.807) is 13.0 Å². The van der Waals surface area contributed by atoms with E-state index in [1.165, 1.54) is 25.3 Å². The molecule has 0 atom stereocenters. The van der Waals surface area contributed by atoms with E-state index < -0.39 is 11.8 Å². The molecule has 17 heavy (non-hydrogen) atoms. The Bertz CT molecular complexity index is 465. The standard InChI is InChI=1S/C12H13NO4/c1-3-17-12(16)9(8(2)14)7-10-11(15)5-4-6-13-10/h4-7,15H,3H2,1-2H3/b9-7+. The van der Waals surface area contributed by atoms with Crippen molar-refractivity contribution in [3.63, 3.8) is 0 Å². The van der Waals surface area contributed by atoms with Gasteiger partial charge in [-0.1, -0.05) is 0 Å². The third kappa shape index (κ3) is 3.41. The fourth-order valence-electron chi connectivity index (χ4n) is 1.17. The number of esters is 1. The molecular formula is C12H13NO4.